The summed E-state index contributed by atoms with van der Waals surface area (Å²) in [7, 11) is 1.67. The lowest BCUT2D eigenvalue weighted by atomic mass is 10.3. The van der Waals surface area contributed by atoms with Gasteiger partial charge in [0.15, 0.2) is 0 Å². The van der Waals surface area contributed by atoms with E-state index in [1.165, 1.54) is 27.9 Å². The lowest BCUT2D eigenvalue weighted by Gasteiger charge is -2.17. The second-order valence-electron chi connectivity index (χ2n) is 3.94. The van der Waals surface area contributed by atoms with Crippen molar-refractivity contribution in [2.45, 2.75) is 6.54 Å². The number of hydrogen-bond acceptors (Lipinski definition) is 4. The molecule has 1 heterocycles. The standard InChI is InChI=1S/C12H14N4O2/c1-15(10-2-4-11(17)5-3-10)12(18)8-16-7-9(13)6-14-16/h2-7,17H,8,13H2,1H3. The van der Waals surface area contributed by atoms with Crippen molar-refractivity contribution in [3.63, 3.8) is 0 Å². The first-order valence-corrected chi connectivity index (χ1v) is 5.40. The lowest BCUT2D eigenvalue weighted by molar-refractivity contribution is -0.119. The third kappa shape index (κ3) is 2.60. The summed E-state index contributed by atoms with van der Waals surface area (Å²) in [6.45, 7) is 0.120. The van der Waals surface area contributed by atoms with E-state index in [1.54, 1.807) is 25.4 Å². The number of nitrogens with zero attached hydrogens (tertiary/aromatic N) is 3. The van der Waals surface area contributed by atoms with Crippen molar-refractivity contribution in [2.24, 2.45) is 0 Å². The molecule has 2 rings (SSSR count). The van der Waals surface area contributed by atoms with Crippen LogP contribution in [0, 0.1) is 0 Å². The van der Waals surface area contributed by atoms with E-state index in [-0.39, 0.29) is 18.2 Å². The fourth-order valence-electron chi connectivity index (χ4n) is 1.53. The maximum atomic E-state index is 12.0. The number of likely N-dealkylation sites (N-methyl/N-ethyl adjacent to an activating group) is 1. The van der Waals surface area contributed by atoms with Gasteiger partial charge in [-0.05, 0) is 24.3 Å². The molecule has 6 heteroatoms. The van der Waals surface area contributed by atoms with Crippen molar-refractivity contribution >= 4 is 17.3 Å². The van der Waals surface area contributed by atoms with Gasteiger partial charge < -0.3 is 15.7 Å². The van der Waals surface area contributed by atoms with Crippen LogP contribution in [0.15, 0.2) is 36.7 Å². The predicted molar refractivity (Wildman–Crippen MR) is 68.2 cm³/mol. The molecule has 0 unspecified atom stereocenters. The minimum absolute atomic E-state index is 0.120. The third-order valence-electron chi connectivity index (χ3n) is 2.56. The highest BCUT2D eigenvalue weighted by Gasteiger charge is 2.11. The number of nitrogens with two attached hydrogens (primary N) is 1. The number of aromatic nitrogens is 2. The molecule has 0 saturated heterocycles. The maximum Gasteiger partial charge on any atom is 0.248 e. The van der Waals surface area contributed by atoms with Crippen LogP contribution in [-0.4, -0.2) is 27.8 Å². The Morgan fingerprint density at radius 2 is 2.11 bits per heavy atom. The van der Waals surface area contributed by atoms with Crippen LogP contribution in [0.1, 0.15) is 0 Å². The Labute approximate surface area is 104 Å². The number of carbonyl (C=O) groups excluding carboxylic acids is 1. The summed E-state index contributed by atoms with van der Waals surface area (Å²) in [5.41, 5.74) is 6.75. The average Bonchev–Trinajstić information content (AvgIpc) is 2.75. The van der Waals surface area contributed by atoms with Crippen LogP contribution >= 0.6 is 0 Å². The summed E-state index contributed by atoms with van der Waals surface area (Å²) < 4.78 is 1.48. The van der Waals surface area contributed by atoms with Crippen molar-refractivity contribution in [3.05, 3.63) is 36.7 Å². The number of nitrogen functional groups attached to an aromatic ring is 1. The summed E-state index contributed by atoms with van der Waals surface area (Å²) in [6, 6.07) is 6.41. The molecular formula is C12H14N4O2. The molecule has 3 N–H and O–H groups in total. The summed E-state index contributed by atoms with van der Waals surface area (Å²) >= 11 is 0. The lowest BCUT2D eigenvalue weighted by Crippen LogP contribution is -2.30. The van der Waals surface area contributed by atoms with Crippen molar-refractivity contribution in [1.82, 2.24) is 9.78 Å². The van der Waals surface area contributed by atoms with Crippen LogP contribution in [0.5, 0.6) is 5.75 Å². The molecule has 6 nitrogen and oxygen atoms in total. The predicted octanol–water partition coefficient (Wildman–Crippen LogP) is 0.834. The SMILES string of the molecule is CN(C(=O)Cn1cc(N)cn1)c1ccc(O)cc1. The van der Waals surface area contributed by atoms with E-state index < -0.39 is 0 Å². The number of benzene rings is 1. The summed E-state index contributed by atoms with van der Waals surface area (Å²) in [5, 5.41) is 13.1. The molecule has 0 saturated carbocycles. The topological polar surface area (TPSA) is 84.4 Å². The second-order valence-corrected chi connectivity index (χ2v) is 3.94. The molecule has 0 spiro atoms. The van der Waals surface area contributed by atoms with Gasteiger partial charge in [-0.1, -0.05) is 0 Å². The quantitative estimate of drug-likeness (QED) is 0.840. The number of carbonyl (C=O) groups is 1. The number of anilines is 2. The van der Waals surface area contributed by atoms with Gasteiger partial charge in [0.25, 0.3) is 0 Å². The fraction of sp³-hybridized carbons (Fsp3) is 0.167. The zero-order chi connectivity index (χ0) is 13.1. The normalized spacial score (nSPS) is 10.3. The van der Waals surface area contributed by atoms with Gasteiger partial charge in [-0.15, -0.1) is 0 Å². The summed E-state index contributed by atoms with van der Waals surface area (Å²) in [5.74, 6) is 0.0447. The molecule has 1 aromatic heterocycles. The monoisotopic (exact) mass is 246 g/mol. The number of phenols is 1. The molecule has 0 fully saturated rings. The second kappa shape index (κ2) is 4.79. The van der Waals surface area contributed by atoms with Crippen molar-refractivity contribution < 1.29 is 9.90 Å². The van der Waals surface area contributed by atoms with Crippen molar-refractivity contribution in [1.29, 1.82) is 0 Å². The Bertz CT molecular complexity index is 547. The van der Waals surface area contributed by atoms with E-state index in [2.05, 4.69) is 5.10 Å². The van der Waals surface area contributed by atoms with Gasteiger partial charge >= 0.3 is 0 Å². The van der Waals surface area contributed by atoms with Crippen LogP contribution < -0.4 is 10.6 Å². The van der Waals surface area contributed by atoms with Crippen LogP contribution in [0.25, 0.3) is 0 Å². The van der Waals surface area contributed by atoms with E-state index in [4.69, 9.17) is 5.73 Å². The third-order valence-corrected chi connectivity index (χ3v) is 2.56. The van der Waals surface area contributed by atoms with Gasteiger partial charge in [0.05, 0.1) is 11.9 Å². The minimum atomic E-state index is -0.121. The van der Waals surface area contributed by atoms with E-state index in [0.717, 1.165) is 0 Å². The highest BCUT2D eigenvalue weighted by Crippen LogP contribution is 2.17. The van der Waals surface area contributed by atoms with Crippen LogP contribution in [0.3, 0.4) is 0 Å². The van der Waals surface area contributed by atoms with Crippen molar-refractivity contribution in [3.8, 4) is 5.75 Å². The Morgan fingerprint density at radius 1 is 1.44 bits per heavy atom. The first-order chi connectivity index (χ1) is 8.56. The van der Waals surface area contributed by atoms with Crippen LogP contribution in [0.2, 0.25) is 0 Å². The van der Waals surface area contributed by atoms with Crippen LogP contribution in [-0.2, 0) is 11.3 Å². The van der Waals surface area contributed by atoms with Gasteiger partial charge in [0, 0.05) is 18.9 Å². The van der Waals surface area contributed by atoms with Gasteiger partial charge in [0.2, 0.25) is 5.91 Å². The number of rotatable bonds is 3. The highest BCUT2D eigenvalue weighted by atomic mass is 16.3. The first kappa shape index (κ1) is 12.0. The zero-order valence-corrected chi connectivity index (χ0v) is 9.95. The van der Waals surface area contributed by atoms with Gasteiger partial charge in [0.1, 0.15) is 12.3 Å². The number of amides is 1. The van der Waals surface area contributed by atoms with Gasteiger partial charge in [-0.25, -0.2) is 0 Å². The maximum absolute atomic E-state index is 12.0. The number of aromatic hydroxyl groups is 1. The zero-order valence-electron chi connectivity index (χ0n) is 9.95. The highest BCUT2D eigenvalue weighted by molar-refractivity contribution is 5.92. The van der Waals surface area contributed by atoms with E-state index >= 15 is 0 Å². The van der Waals surface area contributed by atoms with Gasteiger partial charge in [-0.3, -0.25) is 9.48 Å². The number of phenolic OH excluding ortho intramolecular Hbond substituents is 1. The molecule has 0 aliphatic rings. The summed E-state index contributed by atoms with van der Waals surface area (Å²) in [4.78, 5) is 13.5. The molecule has 0 aliphatic heterocycles. The fourth-order valence-corrected chi connectivity index (χ4v) is 1.53. The van der Waals surface area contributed by atoms with E-state index in [9.17, 15) is 9.90 Å². The van der Waals surface area contributed by atoms with E-state index in [0.29, 0.717) is 11.4 Å². The molecule has 1 amide bonds. The number of hydrogen-bond donors (Lipinski definition) is 2. The largest absolute Gasteiger partial charge is 0.508 e. The van der Waals surface area contributed by atoms with Crippen molar-refractivity contribution in [2.75, 3.05) is 17.7 Å². The Hall–Kier alpha value is -2.50. The van der Waals surface area contributed by atoms with E-state index in [1.807, 2.05) is 0 Å². The molecule has 0 radical (unpaired) electrons. The Morgan fingerprint density at radius 3 is 2.67 bits per heavy atom. The van der Waals surface area contributed by atoms with Crippen LogP contribution in [0.4, 0.5) is 11.4 Å². The summed E-state index contributed by atoms with van der Waals surface area (Å²) in [6.07, 6.45) is 3.09. The molecule has 1 aromatic carbocycles. The molecule has 0 bridgehead atoms. The molecule has 2 aromatic rings. The smallest absolute Gasteiger partial charge is 0.248 e. The Kier molecular flexibility index (Phi) is 3.18. The van der Waals surface area contributed by atoms with Gasteiger partial charge in [-0.2, -0.15) is 5.10 Å². The molecule has 0 atom stereocenters. The molecular weight excluding hydrogens is 232 g/mol. The minimum Gasteiger partial charge on any atom is -0.508 e. The first-order valence-electron chi connectivity index (χ1n) is 5.40. The average molecular weight is 246 g/mol. The Balaban J connectivity index is 2.07. The molecule has 18 heavy (non-hydrogen) atoms. The molecule has 94 valence electrons. The molecule has 0 aliphatic carbocycles.